The second-order valence-corrected chi connectivity index (χ2v) is 9.27. The van der Waals surface area contributed by atoms with Crippen LogP contribution in [0.15, 0.2) is 48.8 Å². The Morgan fingerprint density at radius 3 is 2.67 bits per heavy atom. The van der Waals surface area contributed by atoms with Gasteiger partial charge in [0.15, 0.2) is 0 Å². The molecule has 0 bridgehead atoms. The molecule has 7 nitrogen and oxygen atoms in total. The molecule has 0 saturated carbocycles. The molecule has 0 saturated heterocycles. The number of carbonyl (C=O) groups is 2. The molecule has 8 heteroatoms. The predicted octanol–water partition coefficient (Wildman–Crippen LogP) is 5.15. The van der Waals surface area contributed by atoms with E-state index in [0.717, 1.165) is 16.5 Å². The predicted molar refractivity (Wildman–Crippen MR) is 129 cm³/mol. The number of aromatic nitrogens is 2. The molecule has 0 fully saturated rings. The van der Waals surface area contributed by atoms with Gasteiger partial charge in [0.2, 0.25) is 0 Å². The minimum atomic E-state index is -0.595. The number of halogens is 1. The summed E-state index contributed by atoms with van der Waals surface area (Å²) >= 11 is 6.07. The van der Waals surface area contributed by atoms with Gasteiger partial charge in [0, 0.05) is 35.9 Å². The molecule has 1 aromatic carbocycles. The van der Waals surface area contributed by atoms with Crippen LogP contribution < -0.4 is 5.32 Å². The zero-order valence-electron chi connectivity index (χ0n) is 19.4. The van der Waals surface area contributed by atoms with Crippen molar-refractivity contribution in [3.63, 3.8) is 0 Å². The van der Waals surface area contributed by atoms with Crippen LogP contribution in [0.5, 0.6) is 0 Å². The van der Waals surface area contributed by atoms with Gasteiger partial charge in [-0.3, -0.25) is 14.8 Å². The molecular formula is C25H29ClN4O3. The maximum atomic E-state index is 12.8. The summed E-state index contributed by atoms with van der Waals surface area (Å²) in [6.07, 6.45) is 3.58. The van der Waals surface area contributed by atoms with Crippen LogP contribution in [0.2, 0.25) is 5.02 Å². The van der Waals surface area contributed by atoms with Crippen molar-refractivity contribution in [2.45, 2.75) is 46.3 Å². The summed E-state index contributed by atoms with van der Waals surface area (Å²) in [6, 6.07) is 10.9. The van der Waals surface area contributed by atoms with E-state index in [-0.39, 0.29) is 5.91 Å². The van der Waals surface area contributed by atoms with Crippen molar-refractivity contribution in [3.8, 4) is 0 Å². The second-order valence-electron chi connectivity index (χ2n) is 8.83. The number of pyridine rings is 2. The van der Waals surface area contributed by atoms with E-state index in [1.165, 1.54) is 0 Å². The highest BCUT2D eigenvalue weighted by atomic mass is 35.5. The Morgan fingerprint density at radius 2 is 1.97 bits per heavy atom. The Bertz CT molecular complexity index is 1130. The molecular weight excluding hydrogens is 440 g/mol. The largest absolute Gasteiger partial charge is 0.444 e. The van der Waals surface area contributed by atoms with Crippen molar-refractivity contribution in [2.24, 2.45) is 0 Å². The Kier molecular flexibility index (Phi) is 7.87. The SMILES string of the molecule is Cc1nc2ccc(Cl)cc2cc1C(=O)NCCCN(Cc1cccnc1)C(=O)OC(C)(C)C. The zero-order valence-corrected chi connectivity index (χ0v) is 20.1. The van der Waals surface area contributed by atoms with Crippen LogP contribution in [0, 0.1) is 6.92 Å². The van der Waals surface area contributed by atoms with Gasteiger partial charge in [-0.2, -0.15) is 0 Å². The van der Waals surface area contributed by atoms with Crippen molar-refractivity contribution in [2.75, 3.05) is 13.1 Å². The Hall–Kier alpha value is -3.19. The minimum absolute atomic E-state index is 0.210. The van der Waals surface area contributed by atoms with E-state index in [9.17, 15) is 9.59 Å². The van der Waals surface area contributed by atoms with Crippen molar-refractivity contribution < 1.29 is 14.3 Å². The molecule has 0 unspecified atom stereocenters. The van der Waals surface area contributed by atoms with Crippen molar-refractivity contribution in [1.29, 1.82) is 0 Å². The maximum absolute atomic E-state index is 12.8. The number of fused-ring (bicyclic) bond motifs is 1. The van der Waals surface area contributed by atoms with Gasteiger partial charge in [0.05, 0.1) is 23.3 Å². The molecule has 1 N–H and O–H groups in total. The van der Waals surface area contributed by atoms with Gasteiger partial charge in [0.25, 0.3) is 5.91 Å². The first-order valence-electron chi connectivity index (χ1n) is 10.8. The fourth-order valence-corrected chi connectivity index (χ4v) is 3.49. The number of ether oxygens (including phenoxy) is 1. The lowest BCUT2D eigenvalue weighted by Crippen LogP contribution is -2.38. The summed E-state index contributed by atoms with van der Waals surface area (Å²) < 4.78 is 5.55. The van der Waals surface area contributed by atoms with Crippen LogP contribution in [0.25, 0.3) is 10.9 Å². The molecule has 0 atom stereocenters. The average molecular weight is 469 g/mol. The molecule has 3 aromatic rings. The molecule has 0 radical (unpaired) electrons. The van der Waals surface area contributed by atoms with Gasteiger partial charge < -0.3 is 15.0 Å². The normalized spacial score (nSPS) is 11.3. The highest BCUT2D eigenvalue weighted by Gasteiger charge is 2.22. The maximum Gasteiger partial charge on any atom is 0.410 e. The monoisotopic (exact) mass is 468 g/mol. The molecule has 0 aliphatic rings. The highest BCUT2D eigenvalue weighted by Crippen LogP contribution is 2.21. The van der Waals surface area contributed by atoms with Gasteiger partial charge in [-0.1, -0.05) is 17.7 Å². The van der Waals surface area contributed by atoms with Gasteiger partial charge in [-0.15, -0.1) is 0 Å². The third-order valence-corrected chi connectivity index (χ3v) is 5.09. The van der Waals surface area contributed by atoms with Gasteiger partial charge in [-0.25, -0.2) is 4.79 Å². The van der Waals surface area contributed by atoms with Crippen LogP contribution >= 0.6 is 11.6 Å². The van der Waals surface area contributed by atoms with E-state index in [4.69, 9.17) is 16.3 Å². The summed E-state index contributed by atoms with van der Waals surface area (Å²) in [7, 11) is 0. The van der Waals surface area contributed by atoms with Gasteiger partial charge in [0.1, 0.15) is 5.60 Å². The quantitative estimate of drug-likeness (QED) is 0.485. The van der Waals surface area contributed by atoms with Crippen LogP contribution in [-0.4, -0.2) is 45.6 Å². The van der Waals surface area contributed by atoms with E-state index in [0.29, 0.717) is 42.3 Å². The third kappa shape index (κ3) is 7.15. The third-order valence-electron chi connectivity index (χ3n) is 4.85. The van der Waals surface area contributed by atoms with Crippen molar-refractivity contribution in [1.82, 2.24) is 20.2 Å². The van der Waals surface area contributed by atoms with Crippen LogP contribution in [0.3, 0.4) is 0 Å². The number of nitrogens with zero attached hydrogens (tertiary/aromatic N) is 3. The summed E-state index contributed by atoms with van der Waals surface area (Å²) in [4.78, 5) is 35.7. The van der Waals surface area contributed by atoms with E-state index in [1.807, 2.05) is 39.0 Å². The van der Waals surface area contributed by atoms with Gasteiger partial charge >= 0.3 is 6.09 Å². The molecule has 174 valence electrons. The summed E-state index contributed by atoms with van der Waals surface area (Å²) in [5.41, 5.74) is 2.25. The number of hydrogen-bond donors (Lipinski definition) is 1. The first kappa shape index (κ1) is 24.5. The number of benzene rings is 1. The molecule has 2 amide bonds. The number of carbonyl (C=O) groups excluding carboxylic acids is 2. The standard InChI is InChI=1S/C25H29ClN4O3/c1-17-21(14-19-13-20(26)8-9-22(19)29-17)23(31)28-11-6-12-30(24(32)33-25(2,3)4)16-18-7-5-10-27-15-18/h5,7-10,13-15H,6,11-12,16H2,1-4H3,(H,28,31). The molecule has 0 aliphatic heterocycles. The summed E-state index contributed by atoms with van der Waals surface area (Å²) in [6.45, 7) is 8.51. The van der Waals surface area contributed by atoms with E-state index in [1.54, 1.807) is 42.4 Å². The number of nitrogens with one attached hydrogen (secondary N) is 1. The second kappa shape index (κ2) is 10.6. The lowest BCUT2D eigenvalue weighted by molar-refractivity contribution is 0.0232. The number of hydrogen-bond acceptors (Lipinski definition) is 5. The number of amides is 2. The number of rotatable bonds is 7. The fraction of sp³-hybridized carbons (Fsp3) is 0.360. The number of aryl methyl sites for hydroxylation is 1. The molecule has 0 aliphatic carbocycles. The smallest absolute Gasteiger partial charge is 0.410 e. The van der Waals surface area contributed by atoms with E-state index in [2.05, 4.69) is 15.3 Å². The first-order chi connectivity index (χ1) is 15.6. The van der Waals surface area contributed by atoms with Crippen LogP contribution in [0.4, 0.5) is 4.79 Å². The fourth-order valence-electron chi connectivity index (χ4n) is 3.31. The van der Waals surface area contributed by atoms with Crippen molar-refractivity contribution in [3.05, 3.63) is 70.6 Å². The first-order valence-corrected chi connectivity index (χ1v) is 11.2. The Morgan fingerprint density at radius 1 is 1.18 bits per heavy atom. The van der Waals surface area contributed by atoms with Crippen molar-refractivity contribution >= 4 is 34.5 Å². The lowest BCUT2D eigenvalue weighted by atomic mass is 10.1. The molecule has 0 spiro atoms. The van der Waals surface area contributed by atoms with E-state index < -0.39 is 11.7 Å². The molecule has 2 heterocycles. The molecule has 2 aromatic heterocycles. The topological polar surface area (TPSA) is 84.4 Å². The molecule has 3 rings (SSSR count). The Balaban J connectivity index is 1.61. The lowest BCUT2D eigenvalue weighted by Gasteiger charge is -2.27. The minimum Gasteiger partial charge on any atom is -0.444 e. The summed E-state index contributed by atoms with van der Waals surface area (Å²) in [5.74, 6) is -0.210. The zero-order chi connectivity index (χ0) is 24.0. The highest BCUT2D eigenvalue weighted by molar-refractivity contribution is 6.31. The van der Waals surface area contributed by atoms with Crippen LogP contribution in [-0.2, 0) is 11.3 Å². The average Bonchev–Trinajstić information content (AvgIpc) is 2.75. The van der Waals surface area contributed by atoms with E-state index >= 15 is 0 Å². The van der Waals surface area contributed by atoms with Crippen LogP contribution in [0.1, 0.15) is 48.8 Å². The summed E-state index contributed by atoms with van der Waals surface area (Å²) in [5, 5.41) is 4.33. The van der Waals surface area contributed by atoms with Gasteiger partial charge in [-0.05, 0) is 70.0 Å². The molecule has 33 heavy (non-hydrogen) atoms. The Labute approximate surface area is 199 Å².